The third-order valence-corrected chi connectivity index (χ3v) is 2.01. The maximum Gasteiger partial charge on any atom is 0.272 e. The predicted octanol–water partition coefficient (Wildman–Crippen LogP) is 1.38. The largest absolute Gasteiger partial charge is 0.339 e. The first-order valence-corrected chi connectivity index (χ1v) is 4.71. The molecule has 0 aromatic carbocycles. The number of nitriles is 1. The molecule has 0 N–H and O–H groups in total. The highest BCUT2D eigenvalue weighted by Crippen LogP contribution is 2.02. The van der Waals surface area contributed by atoms with Crippen LogP contribution >= 0.6 is 0 Å². The normalized spacial score (nSPS) is 9.40. The van der Waals surface area contributed by atoms with Gasteiger partial charge >= 0.3 is 0 Å². The van der Waals surface area contributed by atoms with Crippen LogP contribution < -0.4 is 0 Å². The van der Waals surface area contributed by atoms with Crippen LogP contribution in [0.3, 0.4) is 0 Å². The highest BCUT2D eigenvalue weighted by Gasteiger charge is 2.12. The molecule has 0 spiro atoms. The Bertz CT molecular complexity index is 395. The van der Waals surface area contributed by atoms with Crippen molar-refractivity contribution in [3.05, 3.63) is 29.6 Å². The van der Waals surface area contributed by atoms with Crippen LogP contribution in [-0.2, 0) is 0 Å². The van der Waals surface area contributed by atoms with E-state index >= 15 is 0 Å². The fraction of sp³-hybridized carbons (Fsp3) is 0.364. The Kier molecular flexibility index (Phi) is 3.81. The van der Waals surface area contributed by atoms with Crippen LogP contribution in [0, 0.1) is 18.3 Å². The van der Waals surface area contributed by atoms with Crippen LogP contribution in [0.4, 0.5) is 0 Å². The van der Waals surface area contributed by atoms with E-state index in [0.29, 0.717) is 18.7 Å². The van der Waals surface area contributed by atoms with Gasteiger partial charge in [-0.15, -0.1) is 0 Å². The van der Waals surface area contributed by atoms with Crippen molar-refractivity contribution in [3.63, 3.8) is 0 Å². The predicted molar refractivity (Wildman–Crippen MR) is 56.2 cm³/mol. The first kappa shape index (κ1) is 11.2. The van der Waals surface area contributed by atoms with Crippen molar-refractivity contribution in [1.82, 2.24) is 9.88 Å². The second kappa shape index (κ2) is 5.11. The molecule has 15 heavy (non-hydrogen) atoms. The SMILES string of the molecule is Cc1cccc(C(=O)N(C)CCC#N)n1. The van der Waals surface area contributed by atoms with E-state index in [1.54, 1.807) is 19.2 Å². The number of carbonyl (C=O) groups excluding carboxylic acids is 1. The zero-order valence-electron chi connectivity index (χ0n) is 8.90. The van der Waals surface area contributed by atoms with Gasteiger partial charge < -0.3 is 4.90 Å². The lowest BCUT2D eigenvalue weighted by atomic mass is 10.3. The summed E-state index contributed by atoms with van der Waals surface area (Å²) in [5, 5.41) is 8.41. The standard InChI is InChI=1S/C11H13N3O/c1-9-5-3-6-10(13-9)11(15)14(2)8-4-7-12/h3,5-6H,4,8H2,1-2H3. The lowest BCUT2D eigenvalue weighted by molar-refractivity contribution is 0.0792. The van der Waals surface area contributed by atoms with Crippen LogP contribution in [0.25, 0.3) is 0 Å². The molecule has 0 aliphatic carbocycles. The molecular formula is C11H13N3O. The highest BCUT2D eigenvalue weighted by atomic mass is 16.2. The fourth-order valence-corrected chi connectivity index (χ4v) is 1.18. The molecule has 4 nitrogen and oxygen atoms in total. The molecule has 0 saturated carbocycles. The summed E-state index contributed by atoms with van der Waals surface area (Å²) in [7, 11) is 1.67. The molecule has 0 radical (unpaired) electrons. The van der Waals surface area contributed by atoms with Gasteiger partial charge in [0.15, 0.2) is 0 Å². The highest BCUT2D eigenvalue weighted by molar-refractivity contribution is 5.92. The van der Waals surface area contributed by atoms with Crippen molar-refractivity contribution in [3.8, 4) is 6.07 Å². The Morgan fingerprint density at radius 3 is 2.93 bits per heavy atom. The molecular weight excluding hydrogens is 190 g/mol. The van der Waals surface area contributed by atoms with Crippen molar-refractivity contribution in [2.75, 3.05) is 13.6 Å². The zero-order valence-corrected chi connectivity index (χ0v) is 8.90. The molecule has 0 saturated heterocycles. The molecule has 1 rings (SSSR count). The Hall–Kier alpha value is -1.89. The van der Waals surface area contributed by atoms with E-state index in [0.717, 1.165) is 5.69 Å². The van der Waals surface area contributed by atoms with Crippen LogP contribution in [0.2, 0.25) is 0 Å². The number of aromatic nitrogens is 1. The molecule has 1 aromatic rings. The number of aryl methyl sites for hydroxylation is 1. The summed E-state index contributed by atoms with van der Waals surface area (Å²) < 4.78 is 0. The van der Waals surface area contributed by atoms with Gasteiger partial charge in [0.1, 0.15) is 5.69 Å². The van der Waals surface area contributed by atoms with Gasteiger partial charge in [-0.25, -0.2) is 4.98 Å². The van der Waals surface area contributed by atoms with E-state index in [1.807, 2.05) is 19.1 Å². The van der Waals surface area contributed by atoms with Crippen molar-refractivity contribution >= 4 is 5.91 Å². The van der Waals surface area contributed by atoms with E-state index in [1.165, 1.54) is 4.90 Å². The van der Waals surface area contributed by atoms with Gasteiger partial charge in [0.25, 0.3) is 5.91 Å². The molecule has 0 bridgehead atoms. The van der Waals surface area contributed by atoms with Crippen LogP contribution in [-0.4, -0.2) is 29.4 Å². The summed E-state index contributed by atoms with van der Waals surface area (Å²) in [5.74, 6) is -0.144. The zero-order chi connectivity index (χ0) is 11.3. The van der Waals surface area contributed by atoms with Gasteiger partial charge in [-0.3, -0.25) is 4.79 Å². The Balaban J connectivity index is 2.72. The van der Waals surface area contributed by atoms with Crippen LogP contribution in [0.15, 0.2) is 18.2 Å². The Morgan fingerprint density at radius 1 is 1.60 bits per heavy atom. The van der Waals surface area contributed by atoms with Crippen molar-refractivity contribution < 1.29 is 4.79 Å². The van der Waals surface area contributed by atoms with Gasteiger partial charge in [0.05, 0.1) is 12.5 Å². The molecule has 0 atom stereocenters. The molecule has 1 heterocycles. The van der Waals surface area contributed by atoms with Crippen molar-refractivity contribution in [2.45, 2.75) is 13.3 Å². The minimum Gasteiger partial charge on any atom is -0.339 e. The minimum atomic E-state index is -0.144. The maximum absolute atomic E-state index is 11.8. The molecule has 0 aliphatic rings. The number of amides is 1. The number of rotatable bonds is 3. The molecule has 78 valence electrons. The van der Waals surface area contributed by atoms with E-state index in [-0.39, 0.29) is 5.91 Å². The first-order valence-electron chi connectivity index (χ1n) is 4.71. The number of pyridine rings is 1. The third kappa shape index (κ3) is 3.06. The maximum atomic E-state index is 11.8. The molecule has 1 aromatic heterocycles. The Labute approximate surface area is 89.2 Å². The number of nitrogens with zero attached hydrogens (tertiary/aromatic N) is 3. The third-order valence-electron chi connectivity index (χ3n) is 2.01. The average molecular weight is 203 g/mol. The number of carbonyl (C=O) groups is 1. The number of hydrogen-bond donors (Lipinski definition) is 0. The lowest BCUT2D eigenvalue weighted by Crippen LogP contribution is -2.28. The molecule has 0 fully saturated rings. The van der Waals surface area contributed by atoms with E-state index < -0.39 is 0 Å². The summed E-state index contributed by atoms with van der Waals surface area (Å²) in [6.07, 6.45) is 0.341. The topological polar surface area (TPSA) is 57.0 Å². The molecule has 1 amide bonds. The number of hydrogen-bond acceptors (Lipinski definition) is 3. The van der Waals surface area contributed by atoms with E-state index in [9.17, 15) is 4.79 Å². The van der Waals surface area contributed by atoms with E-state index in [4.69, 9.17) is 5.26 Å². The molecule has 0 aliphatic heterocycles. The van der Waals surface area contributed by atoms with E-state index in [2.05, 4.69) is 4.98 Å². The Morgan fingerprint density at radius 2 is 2.33 bits per heavy atom. The average Bonchev–Trinajstić information content (AvgIpc) is 2.24. The van der Waals surface area contributed by atoms with Gasteiger partial charge in [-0.2, -0.15) is 5.26 Å². The molecule has 0 unspecified atom stereocenters. The monoisotopic (exact) mass is 203 g/mol. The van der Waals surface area contributed by atoms with Gasteiger partial charge in [0.2, 0.25) is 0 Å². The van der Waals surface area contributed by atoms with Gasteiger partial charge in [-0.05, 0) is 19.1 Å². The minimum absolute atomic E-state index is 0.144. The molecule has 4 heteroatoms. The second-order valence-electron chi connectivity index (χ2n) is 3.30. The van der Waals surface area contributed by atoms with Crippen molar-refractivity contribution in [2.24, 2.45) is 0 Å². The first-order chi connectivity index (χ1) is 7.15. The summed E-state index contributed by atoms with van der Waals surface area (Å²) in [6.45, 7) is 2.27. The van der Waals surface area contributed by atoms with Crippen molar-refractivity contribution in [1.29, 1.82) is 5.26 Å². The quantitative estimate of drug-likeness (QED) is 0.745. The van der Waals surface area contributed by atoms with Crippen LogP contribution in [0.5, 0.6) is 0 Å². The fourth-order valence-electron chi connectivity index (χ4n) is 1.18. The second-order valence-corrected chi connectivity index (χ2v) is 3.30. The summed E-state index contributed by atoms with van der Waals surface area (Å²) in [6, 6.07) is 7.32. The lowest BCUT2D eigenvalue weighted by Gasteiger charge is -2.14. The summed E-state index contributed by atoms with van der Waals surface area (Å²) >= 11 is 0. The van der Waals surface area contributed by atoms with Gasteiger partial charge in [0, 0.05) is 19.3 Å². The van der Waals surface area contributed by atoms with Crippen LogP contribution in [0.1, 0.15) is 22.6 Å². The summed E-state index contributed by atoms with van der Waals surface area (Å²) in [4.78, 5) is 17.4. The summed E-state index contributed by atoms with van der Waals surface area (Å²) in [5.41, 5.74) is 1.24. The van der Waals surface area contributed by atoms with Gasteiger partial charge in [-0.1, -0.05) is 6.07 Å². The smallest absolute Gasteiger partial charge is 0.272 e.